The first kappa shape index (κ1) is 33.7. The van der Waals surface area contributed by atoms with Crippen LogP contribution in [0.2, 0.25) is 0 Å². The molecule has 0 unspecified atom stereocenters. The lowest BCUT2D eigenvalue weighted by molar-refractivity contribution is -0.146. The molecule has 0 bridgehead atoms. The van der Waals surface area contributed by atoms with E-state index in [1.165, 1.54) is 11.1 Å². The van der Waals surface area contributed by atoms with Gasteiger partial charge in [0.2, 0.25) is 0 Å². The van der Waals surface area contributed by atoms with Crippen LogP contribution in [0.4, 0.5) is 0 Å². The fourth-order valence-corrected chi connectivity index (χ4v) is 4.24. The third-order valence-corrected chi connectivity index (χ3v) is 6.60. The Hall–Kier alpha value is -3.48. The average Bonchev–Trinajstić information content (AvgIpc) is 2.97. The van der Waals surface area contributed by atoms with Crippen LogP contribution in [0.1, 0.15) is 79.0 Å². The fraction of sp³-hybridized carbons (Fsp3) is 0.382. The number of carbonyl (C=O) groups excluding carboxylic acids is 2. The maximum atomic E-state index is 12.8. The minimum Gasteiger partial charge on any atom is -0.464 e. The Morgan fingerprint density at radius 2 is 1.66 bits per heavy atom. The lowest BCUT2D eigenvalue weighted by Gasteiger charge is -2.20. The van der Waals surface area contributed by atoms with Gasteiger partial charge < -0.3 is 14.8 Å². The van der Waals surface area contributed by atoms with Crippen molar-refractivity contribution in [2.45, 2.75) is 66.0 Å². The van der Waals surface area contributed by atoms with Gasteiger partial charge in [0.15, 0.2) is 0 Å². The zero-order valence-corrected chi connectivity index (χ0v) is 25.4. The van der Waals surface area contributed by atoms with Crippen LogP contribution in [-0.2, 0) is 33.7 Å². The van der Waals surface area contributed by atoms with Crippen molar-refractivity contribution in [2.75, 3.05) is 13.2 Å². The molecule has 3 aromatic rings. The van der Waals surface area contributed by atoms with Gasteiger partial charge in [0.25, 0.3) is 5.91 Å². The summed E-state index contributed by atoms with van der Waals surface area (Å²) in [6.45, 7) is 9.13. The minimum absolute atomic E-state index is 0. The molecule has 0 fully saturated rings. The predicted octanol–water partition coefficient (Wildman–Crippen LogP) is 7.09. The Morgan fingerprint density at radius 3 is 2.37 bits per heavy atom. The summed E-state index contributed by atoms with van der Waals surface area (Å²) >= 11 is 0. The standard InChI is InChI=1S/C34H42N2O4.ClH/c1-5-26-16-18-27(19-17-26)11-7-8-22-39-24-31-15-10-14-30(35-31)21-20-28-12-9-13-29(23-28)33(37)36-32(25(3)4)34(38)40-6-2;/h9-10,12-21,23,25,32H,5-8,11,22,24H2,1-4H3,(H,36,37);1H/b21-20+;/t32-;/m0./s1. The van der Waals surface area contributed by atoms with Gasteiger partial charge in [-0.2, -0.15) is 0 Å². The molecule has 0 aliphatic heterocycles. The molecule has 1 amide bonds. The number of hydrogen-bond acceptors (Lipinski definition) is 5. The average molecular weight is 579 g/mol. The zero-order valence-electron chi connectivity index (χ0n) is 24.6. The van der Waals surface area contributed by atoms with Crippen LogP contribution in [0.3, 0.4) is 0 Å². The number of ether oxygens (including phenoxy) is 2. The van der Waals surface area contributed by atoms with Crippen molar-refractivity contribution in [3.63, 3.8) is 0 Å². The van der Waals surface area contributed by atoms with Crippen molar-refractivity contribution in [2.24, 2.45) is 5.92 Å². The molecule has 0 aliphatic rings. The van der Waals surface area contributed by atoms with Crippen LogP contribution in [-0.4, -0.2) is 36.1 Å². The van der Waals surface area contributed by atoms with Gasteiger partial charge >= 0.3 is 5.97 Å². The van der Waals surface area contributed by atoms with E-state index in [1.807, 2.05) is 56.3 Å². The number of nitrogens with one attached hydrogen (secondary N) is 1. The highest BCUT2D eigenvalue weighted by atomic mass is 35.5. The summed E-state index contributed by atoms with van der Waals surface area (Å²) in [7, 11) is 0. The first-order valence-electron chi connectivity index (χ1n) is 14.3. The lowest BCUT2D eigenvalue weighted by Crippen LogP contribution is -2.45. The van der Waals surface area contributed by atoms with Gasteiger partial charge in [-0.1, -0.05) is 69.3 Å². The summed E-state index contributed by atoms with van der Waals surface area (Å²) in [5.74, 6) is -0.819. The Balaban J connectivity index is 0.00000588. The number of pyridine rings is 1. The predicted molar refractivity (Wildman–Crippen MR) is 168 cm³/mol. The maximum absolute atomic E-state index is 12.8. The number of hydrogen-bond donors (Lipinski definition) is 1. The summed E-state index contributed by atoms with van der Waals surface area (Å²) in [5, 5.41) is 2.81. The molecule has 3 rings (SSSR count). The van der Waals surface area contributed by atoms with E-state index in [-0.39, 0.29) is 30.8 Å². The van der Waals surface area contributed by atoms with E-state index in [2.05, 4.69) is 41.5 Å². The molecule has 1 atom stereocenters. The summed E-state index contributed by atoms with van der Waals surface area (Å²) in [5.41, 5.74) is 5.78. The molecule has 6 nitrogen and oxygen atoms in total. The molecule has 7 heteroatoms. The Bertz CT molecular complexity index is 1260. The molecular weight excluding hydrogens is 536 g/mol. The fourth-order valence-electron chi connectivity index (χ4n) is 4.24. The lowest BCUT2D eigenvalue weighted by atomic mass is 10.0. The Labute approximate surface area is 251 Å². The van der Waals surface area contributed by atoms with Gasteiger partial charge in [-0.15, -0.1) is 12.4 Å². The number of aromatic nitrogens is 1. The van der Waals surface area contributed by atoms with Crippen LogP contribution >= 0.6 is 12.4 Å². The number of esters is 1. The van der Waals surface area contributed by atoms with E-state index < -0.39 is 12.0 Å². The van der Waals surface area contributed by atoms with Crippen LogP contribution in [0.5, 0.6) is 0 Å². The number of benzene rings is 2. The van der Waals surface area contributed by atoms with Crippen molar-refractivity contribution >= 4 is 36.4 Å². The molecule has 0 saturated carbocycles. The van der Waals surface area contributed by atoms with E-state index in [0.29, 0.717) is 18.8 Å². The van der Waals surface area contributed by atoms with Gasteiger partial charge in [0.1, 0.15) is 6.04 Å². The van der Waals surface area contributed by atoms with Crippen molar-refractivity contribution in [3.8, 4) is 0 Å². The largest absolute Gasteiger partial charge is 0.464 e. The first-order valence-corrected chi connectivity index (χ1v) is 14.3. The van der Waals surface area contributed by atoms with Crippen molar-refractivity contribution in [1.29, 1.82) is 0 Å². The van der Waals surface area contributed by atoms with Gasteiger partial charge in [0.05, 0.1) is 24.6 Å². The molecule has 1 N–H and O–H groups in total. The molecule has 2 aromatic carbocycles. The molecule has 0 radical (unpaired) electrons. The number of aryl methyl sites for hydroxylation is 2. The summed E-state index contributed by atoms with van der Waals surface area (Å²) in [6.07, 6.45) is 8.08. The molecule has 1 aromatic heterocycles. The quantitative estimate of drug-likeness (QED) is 0.154. The van der Waals surface area contributed by atoms with Gasteiger partial charge in [0, 0.05) is 12.2 Å². The molecule has 0 spiro atoms. The highest BCUT2D eigenvalue weighted by Crippen LogP contribution is 2.13. The smallest absolute Gasteiger partial charge is 0.328 e. The molecule has 41 heavy (non-hydrogen) atoms. The van der Waals surface area contributed by atoms with Gasteiger partial charge in [-0.3, -0.25) is 9.78 Å². The second kappa shape index (κ2) is 18.1. The van der Waals surface area contributed by atoms with Gasteiger partial charge in [-0.05, 0) is 85.6 Å². The van der Waals surface area contributed by atoms with E-state index in [1.54, 1.807) is 19.1 Å². The first-order chi connectivity index (χ1) is 19.4. The van der Waals surface area contributed by atoms with Crippen molar-refractivity contribution in [3.05, 3.63) is 100 Å². The van der Waals surface area contributed by atoms with Crippen molar-refractivity contribution in [1.82, 2.24) is 10.3 Å². The topological polar surface area (TPSA) is 77.5 Å². The van der Waals surface area contributed by atoms with Gasteiger partial charge in [-0.25, -0.2) is 4.79 Å². The SMILES string of the molecule is CCOC(=O)[C@@H](NC(=O)c1cccc(/C=C/c2cccc(COCCCCc3ccc(CC)cc3)n2)c1)C(C)C.Cl. The Morgan fingerprint density at radius 1 is 0.927 bits per heavy atom. The number of halogens is 1. The van der Waals surface area contributed by atoms with Crippen LogP contribution in [0, 0.1) is 5.92 Å². The zero-order chi connectivity index (χ0) is 28.7. The highest BCUT2D eigenvalue weighted by Gasteiger charge is 2.25. The normalized spacial score (nSPS) is 11.7. The van der Waals surface area contributed by atoms with E-state index in [0.717, 1.165) is 42.6 Å². The summed E-state index contributed by atoms with van der Waals surface area (Å²) in [6, 6.07) is 21.3. The van der Waals surface area contributed by atoms with Crippen molar-refractivity contribution < 1.29 is 19.1 Å². The van der Waals surface area contributed by atoms with Crippen LogP contribution < -0.4 is 5.32 Å². The van der Waals surface area contributed by atoms with Crippen LogP contribution in [0.15, 0.2) is 66.7 Å². The highest BCUT2D eigenvalue weighted by molar-refractivity contribution is 5.97. The second-order valence-electron chi connectivity index (χ2n) is 10.1. The number of nitrogens with zero attached hydrogens (tertiary/aromatic N) is 1. The van der Waals surface area contributed by atoms with E-state index in [4.69, 9.17) is 9.47 Å². The molecule has 1 heterocycles. The van der Waals surface area contributed by atoms with E-state index >= 15 is 0 Å². The number of carbonyl (C=O) groups is 2. The molecular formula is C34H43ClN2O4. The number of rotatable bonds is 15. The third-order valence-electron chi connectivity index (χ3n) is 6.60. The monoisotopic (exact) mass is 578 g/mol. The molecule has 0 aliphatic carbocycles. The number of unbranched alkanes of at least 4 members (excludes halogenated alkanes) is 1. The maximum Gasteiger partial charge on any atom is 0.328 e. The van der Waals surface area contributed by atoms with Crippen LogP contribution in [0.25, 0.3) is 12.2 Å². The Kier molecular flexibility index (Phi) is 14.8. The molecule has 220 valence electrons. The third kappa shape index (κ3) is 11.5. The summed E-state index contributed by atoms with van der Waals surface area (Å²) < 4.78 is 11.0. The number of amides is 1. The summed E-state index contributed by atoms with van der Waals surface area (Å²) in [4.78, 5) is 29.7. The molecule has 0 saturated heterocycles. The second-order valence-corrected chi connectivity index (χ2v) is 10.1. The van der Waals surface area contributed by atoms with E-state index in [9.17, 15) is 9.59 Å². The minimum atomic E-state index is -0.696.